The molecule has 56 heavy (non-hydrogen) atoms. The molecular weight excluding hydrogens is 714 g/mol. The highest BCUT2D eigenvalue weighted by molar-refractivity contribution is 5.88. The molecule has 2 aromatic rings. The van der Waals surface area contributed by atoms with Gasteiger partial charge in [-0.15, -0.1) is 0 Å². The van der Waals surface area contributed by atoms with Crippen LogP contribution < -0.4 is 32.3 Å². The number of halogens is 3. The molecule has 8 nitrogen and oxygen atoms in total. The summed E-state index contributed by atoms with van der Waals surface area (Å²) in [5.41, 5.74) is 9.32. The molecule has 322 valence electrons. The number of alkyl halides is 3. The molecule has 0 bridgehead atoms. The lowest BCUT2D eigenvalue weighted by Gasteiger charge is -2.22. The smallest absolute Gasteiger partial charge is 0.386 e. The maximum absolute atomic E-state index is 13.0. The number of hydrogen-bond donors (Lipinski definition) is 6. The third kappa shape index (κ3) is 32.3. The second kappa shape index (κ2) is 36.6. The van der Waals surface area contributed by atoms with Crippen LogP contribution in [0.3, 0.4) is 0 Å². The number of amides is 2. The zero-order valence-corrected chi connectivity index (χ0v) is 36.8. The van der Waals surface area contributed by atoms with Gasteiger partial charge < -0.3 is 32.3 Å². The van der Waals surface area contributed by atoms with Crippen molar-refractivity contribution in [3.8, 4) is 0 Å². The van der Waals surface area contributed by atoms with Gasteiger partial charge in [0.25, 0.3) is 0 Å². The van der Waals surface area contributed by atoms with Gasteiger partial charge in [0.1, 0.15) is 6.04 Å². The quantitative estimate of drug-likeness (QED) is 0.0789. The number of nitrogens with two attached hydrogens (primary N) is 1. The Kier molecular flexibility index (Phi) is 36.9. The van der Waals surface area contributed by atoms with E-state index in [0.717, 1.165) is 56.5 Å². The van der Waals surface area contributed by atoms with Gasteiger partial charge in [0.05, 0.1) is 17.9 Å². The first-order chi connectivity index (χ1) is 26.5. The minimum atomic E-state index is -4.22. The number of hydrogen-bond acceptors (Lipinski definition) is 6. The van der Waals surface area contributed by atoms with Crippen LogP contribution in [0.5, 0.6) is 0 Å². The molecule has 11 heteroatoms. The lowest BCUT2D eigenvalue weighted by Crippen LogP contribution is -2.54. The highest BCUT2D eigenvalue weighted by Gasteiger charge is 2.30. The fraction of sp³-hybridized carbons (Fsp3) is 0.600. The Balaban J connectivity index is -0.00000114. The largest absolute Gasteiger partial charge is 0.416 e. The van der Waals surface area contributed by atoms with Gasteiger partial charge in [-0.1, -0.05) is 156 Å². The minimum Gasteiger partial charge on any atom is -0.386 e. The standard InChI is InChI=1S/C28H48N6O2.C8H7F3.3C3H8/c1-6-11-23-13-9-10-14-24(23)16-21(4)17-33-28(36)26(19-31-22(5)29)34-27(35)20-32-25(12-7-2)18-30-15-8-3;1-6-3-2-4-7(5-6)8(9,10)11;3*1-3-2/h9-10,12-14,21,26,30-32H,5-8,11,15-20,29H2,1-4H3,(H,33,36)(H,34,35);2-5H,1H3;3*3H2,1-2H3/b25-12-;;;;. The Bertz CT molecular complexity index is 1310. The molecule has 0 saturated heterocycles. The maximum Gasteiger partial charge on any atom is 0.416 e. The molecule has 2 rings (SSSR count). The van der Waals surface area contributed by atoms with Crippen LogP contribution in [-0.4, -0.2) is 50.6 Å². The number of carbonyl (C=O) groups is 2. The molecule has 0 saturated carbocycles. The van der Waals surface area contributed by atoms with Crippen molar-refractivity contribution in [2.75, 3.05) is 32.7 Å². The molecule has 2 atom stereocenters. The van der Waals surface area contributed by atoms with E-state index >= 15 is 0 Å². The molecular formula is C45H79F3N6O2. The Morgan fingerprint density at radius 2 is 1.39 bits per heavy atom. The number of aryl methyl sites for hydroxylation is 2. The Labute approximate surface area is 339 Å². The normalized spacial score (nSPS) is 11.6. The van der Waals surface area contributed by atoms with Gasteiger partial charge in [-0.25, -0.2) is 0 Å². The van der Waals surface area contributed by atoms with E-state index < -0.39 is 17.8 Å². The van der Waals surface area contributed by atoms with E-state index in [4.69, 9.17) is 5.73 Å². The molecule has 2 amide bonds. The molecule has 0 fully saturated rings. The van der Waals surface area contributed by atoms with Crippen LogP contribution in [0.1, 0.15) is 130 Å². The van der Waals surface area contributed by atoms with Crippen LogP contribution in [0.4, 0.5) is 13.2 Å². The summed E-state index contributed by atoms with van der Waals surface area (Å²) in [6.45, 7) is 28.8. The predicted molar refractivity (Wildman–Crippen MR) is 233 cm³/mol. The summed E-state index contributed by atoms with van der Waals surface area (Å²) in [4.78, 5) is 25.6. The number of carbonyl (C=O) groups excluding carboxylic acids is 2. The van der Waals surface area contributed by atoms with Crippen LogP contribution in [-0.2, 0) is 28.6 Å². The molecule has 7 N–H and O–H groups in total. The second-order valence-electron chi connectivity index (χ2n) is 13.8. The number of allylic oxidation sites excluding steroid dienone is 1. The average molecular weight is 793 g/mol. The molecule has 0 radical (unpaired) electrons. The van der Waals surface area contributed by atoms with Crippen LogP contribution in [0.15, 0.2) is 72.7 Å². The van der Waals surface area contributed by atoms with Crippen molar-refractivity contribution in [2.24, 2.45) is 11.7 Å². The van der Waals surface area contributed by atoms with Crippen molar-refractivity contribution in [1.82, 2.24) is 26.6 Å². The summed E-state index contributed by atoms with van der Waals surface area (Å²) >= 11 is 0. The topological polar surface area (TPSA) is 120 Å². The van der Waals surface area contributed by atoms with Gasteiger partial charge in [-0.2, -0.15) is 13.2 Å². The third-order valence-corrected chi connectivity index (χ3v) is 7.03. The minimum absolute atomic E-state index is 0.0810. The summed E-state index contributed by atoms with van der Waals surface area (Å²) in [6.07, 6.45) is 6.53. The van der Waals surface area contributed by atoms with Crippen LogP contribution in [0, 0.1) is 12.8 Å². The van der Waals surface area contributed by atoms with Crippen LogP contribution in [0.2, 0.25) is 0 Å². The third-order valence-electron chi connectivity index (χ3n) is 7.03. The molecule has 2 aromatic carbocycles. The number of benzene rings is 2. The summed E-state index contributed by atoms with van der Waals surface area (Å²) in [5.74, 6) is -0.0191. The van der Waals surface area contributed by atoms with E-state index in [0.29, 0.717) is 18.7 Å². The molecule has 0 spiro atoms. The summed E-state index contributed by atoms with van der Waals surface area (Å²) in [5, 5.41) is 15.2. The maximum atomic E-state index is 13.0. The van der Waals surface area contributed by atoms with Crippen LogP contribution >= 0.6 is 0 Å². The summed E-state index contributed by atoms with van der Waals surface area (Å²) in [6, 6.07) is 12.9. The van der Waals surface area contributed by atoms with Gasteiger partial charge in [-0.05, 0) is 62.3 Å². The Morgan fingerprint density at radius 1 is 0.804 bits per heavy atom. The van der Waals surface area contributed by atoms with E-state index in [1.165, 1.54) is 36.5 Å². The fourth-order valence-corrected chi connectivity index (χ4v) is 4.67. The van der Waals surface area contributed by atoms with Crippen molar-refractivity contribution in [1.29, 1.82) is 0 Å². The first-order valence-corrected chi connectivity index (χ1v) is 20.6. The first-order valence-electron chi connectivity index (χ1n) is 20.6. The van der Waals surface area contributed by atoms with E-state index in [1.807, 2.05) is 0 Å². The zero-order chi connectivity index (χ0) is 43.4. The van der Waals surface area contributed by atoms with Gasteiger partial charge in [0, 0.05) is 25.3 Å². The van der Waals surface area contributed by atoms with Gasteiger partial charge in [0.2, 0.25) is 11.8 Å². The van der Waals surface area contributed by atoms with Gasteiger partial charge >= 0.3 is 6.18 Å². The Hall–Kier alpha value is -3.99. The van der Waals surface area contributed by atoms with Crippen LogP contribution in [0.25, 0.3) is 0 Å². The van der Waals surface area contributed by atoms with Gasteiger partial charge in [0.15, 0.2) is 0 Å². The second-order valence-corrected chi connectivity index (χ2v) is 13.8. The summed E-state index contributed by atoms with van der Waals surface area (Å²) < 4.78 is 35.9. The van der Waals surface area contributed by atoms with E-state index in [1.54, 1.807) is 13.0 Å². The van der Waals surface area contributed by atoms with Gasteiger partial charge in [-0.3, -0.25) is 9.59 Å². The monoisotopic (exact) mass is 793 g/mol. The van der Waals surface area contributed by atoms with E-state index in [9.17, 15) is 22.8 Å². The number of rotatable bonds is 19. The zero-order valence-electron chi connectivity index (χ0n) is 36.8. The molecule has 0 aliphatic rings. The van der Waals surface area contributed by atoms with Crippen molar-refractivity contribution in [2.45, 2.75) is 140 Å². The number of nitrogens with one attached hydrogen (secondary N) is 5. The van der Waals surface area contributed by atoms with Crippen molar-refractivity contribution in [3.05, 3.63) is 95.0 Å². The molecule has 0 aliphatic heterocycles. The van der Waals surface area contributed by atoms with Crippen molar-refractivity contribution >= 4 is 11.8 Å². The molecule has 2 unspecified atom stereocenters. The molecule has 0 aromatic heterocycles. The lowest BCUT2D eigenvalue weighted by molar-refractivity contribution is -0.137. The SMILES string of the molecule is C=C(N)NCC(NC(=O)CN/C(=C\CC)CNCCC)C(=O)NCC(C)Cc1ccccc1CCC.CCC.CCC.CCC.Cc1cccc(C(F)(F)F)c1. The predicted octanol–water partition coefficient (Wildman–Crippen LogP) is 9.58. The molecule has 0 heterocycles. The highest BCUT2D eigenvalue weighted by Crippen LogP contribution is 2.29. The van der Waals surface area contributed by atoms with E-state index in [-0.39, 0.29) is 36.6 Å². The average Bonchev–Trinajstić information content (AvgIpc) is 3.13. The van der Waals surface area contributed by atoms with Crippen molar-refractivity contribution in [3.63, 3.8) is 0 Å². The first kappa shape index (κ1) is 56.3. The van der Waals surface area contributed by atoms with Crippen molar-refractivity contribution < 1.29 is 22.8 Å². The fourth-order valence-electron chi connectivity index (χ4n) is 4.67. The summed E-state index contributed by atoms with van der Waals surface area (Å²) in [7, 11) is 0. The van der Waals surface area contributed by atoms with E-state index in [2.05, 4.69) is 133 Å². The lowest BCUT2D eigenvalue weighted by atomic mass is 9.94. The Morgan fingerprint density at radius 3 is 1.88 bits per heavy atom. The highest BCUT2D eigenvalue weighted by atomic mass is 19.4. The molecule has 0 aliphatic carbocycles.